The summed E-state index contributed by atoms with van der Waals surface area (Å²) >= 11 is 1.73. The second-order valence-corrected chi connectivity index (χ2v) is 8.26. The van der Waals surface area contributed by atoms with Gasteiger partial charge in [0.15, 0.2) is 0 Å². The monoisotopic (exact) mass is 401 g/mol. The molecule has 5 heteroatoms. The molecular weight excluding hydrogens is 378 g/mol. The molecular formula is C22H24ClNO2S. The molecule has 0 saturated carbocycles. The molecule has 2 heterocycles. The van der Waals surface area contributed by atoms with Crippen molar-refractivity contribution in [2.75, 3.05) is 20.1 Å². The Morgan fingerprint density at radius 3 is 2.59 bits per heavy atom. The van der Waals surface area contributed by atoms with E-state index in [1.807, 2.05) is 0 Å². The van der Waals surface area contributed by atoms with Gasteiger partial charge in [0, 0.05) is 28.9 Å². The number of fused-ring (bicyclic) bond motifs is 2. The van der Waals surface area contributed by atoms with Crippen molar-refractivity contribution in [1.82, 2.24) is 4.90 Å². The molecule has 1 aromatic carbocycles. The van der Waals surface area contributed by atoms with Crippen molar-refractivity contribution >= 4 is 41.4 Å². The number of carboxylic acids is 1. The number of carboxylic acid groups (broad SMARTS) is 1. The van der Waals surface area contributed by atoms with E-state index in [4.69, 9.17) is 5.11 Å². The zero-order valence-electron chi connectivity index (χ0n) is 15.4. The van der Waals surface area contributed by atoms with Gasteiger partial charge < -0.3 is 10.0 Å². The second-order valence-electron chi connectivity index (χ2n) is 7.10. The molecule has 0 bridgehead atoms. The number of hydrogen-bond acceptors (Lipinski definition) is 3. The van der Waals surface area contributed by atoms with Gasteiger partial charge in [-0.25, -0.2) is 4.79 Å². The predicted molar refractivity (Wildman–Crippen MR) is 115 cm³/mol. The highest BCUT2D eigenvalue weighted by atomic mass is 35.5. The third-order valence-corrected chi connectivity index (χ3v) is 6.50. The first-order valence-corrected chi connectivity index (χ1v) is 9.96. The fourth-order valence-electron chi connectivity index (χ4n) is 3.98. The van der Waals surface area contributed by atoms with Crippen molar-refractivity contribution < 1.29 is 9.90 Å². The lowest BCUT2D eigenvalue weighted by Crippen LogP contribution is -2.27. The summed E-state index contributed by atoms with van der Waals surface area (Å²) < 4.78 is 0. The van der Waals surface area contributed by atoms with Gasteiger partial charge in [-0.2, -0.15) is 0 Å². The van der Waals surface area contributed by atoms with Gasteiger partial charge in [-0.15, -0.1) is 23.7 Å². The molecule has 4 rings (SSSR count). The number of rotatable bonds is 2. The first-order valence-electron chi connectivity index (χ1n) is 9.15. The van der Waals surface area contributed by atoms with E-state index < -0.39 is 5.97 Å². The fourth-order valence-corrected chi connectivity index (χ4v) is 5.05. The Balaban J connectivity index is 0.00000210. The summed E-state index contributed by atoms with van der Waals surface area (Å²) in [6.07, 6.45) is 7.24. The molecule has 0 atom stereocenters. The third-order valence-electron chi connectivity index (χ3n) is 5.34. The number of halogens is 1. The molecule has 0 amide bonds. The number of nitrogens with zero attached hydrogens (tertiary/aromatic N) is 1. The van der Waals surface area contributed by atoms with Gasteiger partial charge >= 0.3 is 5.97 Å². The Bertz CT molecular complexity index is 903. The van der Waals surface area contributed by atoms with Gasteiger partial charge in [0.25, 0.3) is 0 Å². The first kappa shape index (κ1) is 19.9. The molecule has 0 radical (unpaired) electrons. The highest BCUT2D eigenvalue weighted by Gasteiger charge is 2.24. The van der Waals surface area contributed by atoms with Crippen LogP contribution in [0, 0.1) is 0 Å². The van der Waals surface area contributed by atoms with Crippen LogP contribution in [0.15, 0.2) is 42.0 Å². The summed E-state index contributed by atoms with van der Waals surface area (Å²) in [5, 5.41) is 8.94. The molecule has 0 spiro atoms. The third kappa shape index (κ3) is 4.18. The Kier molecular flexibility index (Phi) is 6.20. The quantitative estimate of drug-likeness (QED) is 0.728. The van der Waals surface area contributed by atoms with Gasteiger partial charge in [-0.3, -0.25) is 0 Å². The minimum Gasteiger partial charge on any atom is -0.478 e. The van der Waals surface area contributed by atoms with Crippen LogP contribution < -0.4 is 0 Å². The SMILES string of the molecule is CN1CCC(=C2c3ccccc3CCc3sc(/C=C/C(=O)O)cc32)CC1.Cl. The molecule has 1 N–H and O–H groups in total. The van der Waals surface area contributed by atoms with Gasteiger partial charge in [-0.05, 0) is 67.1 Å². The summed E-state index contributed by atoms with van der Waals surface area (Å²) in [5.74, 6) is -0.896. The Morgan fingerprint density at radius 1 is 1.11 bits per heavy atom. The fraction of sp³-hybridized carbons (Fsp3) is 0.318. The number of aryl methyl sites for hydroxylation is 2. The molecule has 1 saturated heterocycles. The van der Waals surface area contributed by atoms with Crippen LogP contribution in [0.3, 0.4) is 0 Å². The van der Waals surface area contributed by atoms with Gasteiger partial charge in [0.2, 0.25) is 0 Å². The number of hydrogen-bond donors (Lipinski definition) is 1. The maximum absolute atomic E-state index is 10.9. The number of piperidine rings is 1. The Hall–Kier alpha value is -1.88. The lowest BCUT2D eigenvalue weighted by Gasteiger charge is -2.27. The molecule has 1 aromatic heterocycles. The van der Waals surface area contributed by atoms with Crippen LogP contribution in [0.1, 0.15) is 39.3 Å². The van der Waals surface area contributed by atoms with E-state index in [1.54, 1.807) is 23.0 Å². The van der Waals surface area contributed by atoms with Crippen molar-refractivity contribution in [2.45, 2.75) is 25.7 Å². The number of likely N-dealkylation sites (tertiary alicyclic amines) is 1. The van der Waals surface area contributed by atoms with E-state index in [0.29, 0.717) is 0 Å². The molecule has 27 heavy (non-hydrogen) atoms. The summed E-state index contributed by atoms with van der Waals surface area (Å²) in [6, 6.07) is 11.0. The molecule has 1 fully saturated rings. The number of thiophene rings is 1. The molecule has 2 aromatic rings. The van der Waals surface area contributed by atoms with Crippen LogP contribution in [-0.4, -0.2) is 36.1 Å². The zero-order chi connectivity index (χ0) is 18.1. The summed E-state index contributed by atoms with van der Waals surface area (Å²) in [4.78, 5) is 15.7. The smallest absolute Gasteiger partial charge is 0.328 e. The summed E-state index contributed by atoms with van der Waals surface area (Å²) in [6.45, 7) is 2.21. The normalized spacial score (nSPS) is 17.2. The van der Waals surface area contributed by atoms with Crippen LogP contribution in [0.5, 0.6) is 0 Å². The van der Waals surface area contributed by atoms with Crippen LogP contribution in [0.2, 0.25) is 0 Å². The molecule has 1 aliphatic carbocycles. The van der Waals surface area contributed by atoms with E-state index in [2.05, 4.69) is 42.3 Å². The predicted octanol–water partition coefficient (Wildman–Crippen LogP) is 4.89. The van der Waals surface area contributed by atoms with E-state index in [1.165, 1.54) is 33.2 Å². The van der Waals surface area contributed by atoms with Crippen molar-refractivity contribution in [2.24, 2.45) is 0 Å². The maximum Gasteiger partial charge on any atom is 0.328 e. The van der Waals surface area contributed by atoms with Gasteiger partial charge in [0.05, 0.1) is 0 Å². The van der Waals surface area contributed by atoms with E-state index in [-0.39, 0.29) is 12.4 Å². The molecule has 2 aliphatic rings. The van der Waals surface area contributed by atoms with E-state index in [0.717, 1.165) is 43.6 Å². The molecule has 0 unspecified atom stereocenters. The number of benzene rings is 1. The maximum atomic E-state index is 10.9. The van der Waals surface area contributed by atoms with E-state index >= 15 is 0 Å². The van der Waals surface area contributed by atoms with Gasteiger partial charge in [-0.1, -0.05) is 29.8 Å². The second kappa shape index (κ2) is 8.42. The largest absolute Gasteiger partial charge is 0.478 e. The van der Waals surface area contributed by atoms with Crippen LogP contribution in [0.4, 0.5) is 0 Å². The minimum absolute atomic E-state index is 0. The van der Waals surface area contributed by atoms with Crippen molar-refractivity contribution in [3.05, 3.63) is 68.4 Å². The standard InChI is InChI=1S/C22H23NO2S.ClH/c1-23-12-10-16(11-13-23)22-18-5-3-2-4-15(18)6-8-20-19(22)14-17(26-20)7-9-21(24)25;/h2-5,7,9,14H,6,8,10-13H2,1H3,(H,24,25);1H/b9-7+;. The first-order chi connectivity index (χ1) is 12.6. The van der Waals surface area contributed by atoms with Crippen LogP contribution >= 0.6 is 23.7 Å². The highest BCUT2D eigenvalue weighted by Crippen LogP contribution is 2.41. The summed E-state index contributed by atoms with van der Waals surface area (Å²) in [7, 11) is 2.19. The van der Waals surface area contributed by atoms with Crippen LogP contribution in [-0.2, 0) is 17.6 Å². The highest BCUT2D eigenvalue weighted by molar-refractivity contribution is 7.13. The average molecular weight is 402 g/mol. The lowest BCUT2D eigenvalue weighted by atomic mass is 9.87. The topological polar surface area (TPSA) is 40.5 Å². The van der Waals surface area contributed by atoms with Crippen molar-refractivity contribution in [1.29, 1.82) is 0 Å². The Labute approximate surface area is 170 Å². The molecule has 3 nitrogen and oxygen atoms in total. The number of aliphatic carboxylic acids is 1. The summed E-state index contributed by atoms with van der Waals surface area (Å²) in [5.41, 5.74) is 7.08. The van der Waals surface area contributed by atoms with Gasteiger partial charge in [0.1, 0.15) is 0 Å². The average Bonchev–Trinajstić information content (AvgIpc) is 2.97. The van der Waals surface area contributed by atoms with Crippen LogP contribution in [0.25, 0.3) is 11.6 Å². The van der Waals surface area contributed by atoms with Crippen molar-refractivity contribution in [3.8, 4) is 0 Å². The van der Waals surface area contributed by atoms with E-state index in [9.17, 15) is 4.79 Å². The number of carbonyl (C=O) groups is 1. The zero-order valence-corrected chi connectivity index (χ0v) is 17.0. The Morgan fingerprint density at radius 2 is 1.85 bits per heavy atom. The molecule has 142 valence electrons. The van der Waals surface area contributed by atoms with Crippen molar-refractivity contribution in [3.63, 3.8) is 0 Å². The lowest BCUT2D eigenvalue weighted by molar-refractivity contribution is -0.131. The minimum atomic E-state index is -0.896. The molecule has 1 aliphatic heterocycles.